The van der Waals surface area contributed by atoms with Crippen molar-refractivity contribution >= 4 is 17.4 Å². The number of amides is 1. The van der Waals surface area contributed by atoms with Gasteiger partial charge in [-0.3, -0.25) is 9.59 Å². The van der Waals surface area contributed by atoms with Crippen LogP contribution in [0.3, 0.4) is 0 Å². The fourth-order valence-electron chi connectivity index (χ4n) is 2.34. The highest BCUT2D eigenvalue weighted by atomic mass is 19.1. The zero-order chi connectivity index (χ0) is 14.5. The molecule has 5 heteroatoms. The van der Waals surface area contributed by atoms with E-state index in [-0.39, 0.29) is 24.1 Å². The standard InChI is InChI=1S/C15H19FN2O2/c1-2-17(14-6-4-3-5-13(14)16)11-15(20)18-9-7-12(19)8-10-18/h3-6H,2,7-11H2,1H3. The first kappa shape index (κ1) is 14.5. The van der Waals surface area contributed by atoms with E-state index in [4.69, 9.17) is 0 Å². The van der Waals surface area contributed by atoms with Gasteiger partial charge in [-0.1, -0.05) is 12.1 Å². The van der Waals surface area contributed by atoms with Crippen LogP contribution in [0.1, 0.15) is 19.8 Å². The van der Waals surface area contributed by atoms with Crippen molar-refractivity contribution in [1.29, 1.82) is 0 Å². The van der Waals surface area contributed by atoms with Gasteiger partial charge in [0.15, 0.2) is 0 Å². The van der Waals surface area contributed by atoms with Gasteiger partial charge in [-0.05, 0) is 19.1 Å². The molecular weight excluding hydrogens is 259 g/mol. The molecule has 1 aromatic carbocycles. The molecule has 1 amide bonds. The highest BCUT2D eigenvalue weighted by Gasteiger charge is 2.22. The number of likely N-dealkylation sites (N-methyl/N-ethyl adjacent to an activating group) is 1. The van der Waals surface area contributed by atoms with Gasteiger partial charge >= 0.3 is 0 Å². The van der Waals surface area contributed by atoms with Crippen LogP contribution in [0, 0.1) is 5.82 Å². The first-order valence-corrected chi connectivity index (χ1v) is 6.90. The van der Waals surface area contributed by atoms with E-state index < -0.39 is 0 Å². The number of benzene rings is 1. The Morgan fingerprint density at radius 2 is 1.95 bits per heavy atom. The minimum absolute atomic E-state index is 0.0531. The van der Waals surface area contributed by atoms with Crippen molar-refractivity contribution in [2.45, 2.75) is 19.8 Å². The van der Waals surface area contributed by atoms with Crippen LogP contribution in [0.5, 0.6) is 0 Å². The highest BCUT2D eigenvalue weighted by molar-refractivity contribution is 5.85. The molecule has 0 spiro atoms. The van der Waals surface area contributed by atoms with Gasteiger partial charge in [0.05, 0.1) is 12.2 Å². The summed E-state index contributed by atoms with van der Waals surface area (Å²) in [6, 6.07) is 6.45. The zero-order valence-corrected chi connectivity index (χ0v) is 11.6. The third kappa shape index (κ3) is 3.35. The molecule has 1 saturated heterocycles. The van der Waals surface area contributed by atoms with E-state index in [9.17, 15) is 14.0 Å². The normalized spacial score (nSPS) is 15.3. The van der Waals surface area contributed by atoms with E-state index >= 15 is 0 Å². The minimum atomic E-state index is -0.323. The number of hydrogen-bond donors (Lipinski definition) is 0. The van der Waals surface area contributed by atoms with Crippen molar-refractivity contribution in [2.75, 3.05) is 31.1 Å². The quantitative estimate of drug-likeness (QED) is 0.844. The Bertz CT molecular complexity index is 494. The average molecular weight is 278 g/mol. The van der Waals surface area contributed by atoms with Crippen molar-refractivity contribution < 1.29 is 14.0 Å². The Morgan fingerprint density at radius 1 is 1.30 bits per heavy atom. The number of piperidine rings is 1. The summed E-state index contributed by atoms with van der Waals surface area (Å²) in [6.45, 7) is 3.55. The number of likely N-dealkylation sites (tertiary alicyclic amines) is 1. The highest BCUT2D eigenvalue weighted by Crippen LogP contribution is 2.18. The van der Waals surface area contributed by atoms with Crippen LogP contribution in [-0.4, -0.2) is 42.8 Å². The number of anilines is 1. The topological polar surface area (TPSA) is 40.6 Å². The van der Waals surface area contributed by atoms with Gasteiger partial charge < -0.3 is 9.80 Å². The maximum absolute atomic E-state index is 13.8. The van der Waals surface area contributed by atoms with E-state index in [1.54, 1.807) is 28.0 Å². The molecule has 0 aliphatic carbocycles. The molecule has 0 saturated carbocycles. The molecule has 1 aromatic rings. The van der Waals surface area contributed by atoms with Crippen LogP contribution in [0.2, 0.25) is 0 Å². The van der Waals surface area contributed by atoms with E-state index in [0.29, 0.717) is 38.2 Å². The summed E-state index contributed by atoms with van der Waals surface area (Å²) in [4.78, 5) is 26.8. The number of rotatable bonds is 4. The number of hydrogen-bond acceptors (Lipinski definition) is 3. The number of para-hydroxylation sites is 1. The average Bonchev–Trinajstić information content (AvgIpc) is 2.46. The lowest BCUT2D eigenvalue weighted by molar-refractivity contribution is -0.133. The lowest BCUT2D eigenvalue weighted by Crippen LogP contribution is -2.44. The van der Waals surface area contributed by atoms with Gasteiger partial charge in [0, 0.05) is 32.5 Å². The van der Waals surface area contributed by atoms with E-state index in [1.807, 2.05) is 6.92 Å². The third-order valence-corrected chi connectivity index (χ3v) is 3.57. The lowest BCUT2D eigenvalue weighted by Gasteiger charge is -2.30. The van der Waals surface area contributed by atoms with Crippen LogP contribution in [0.15, 0.2) is 24.3 Å². The predicted octanol–water partition coefficient (Wildman–Crippen LogP) is 1.84. The molecule has 0 bridgehead atoms. The first-order chi connectivity index (χ1) is 9.61. The third-order valence-electron chi connectivity index (χ3n) is 3.57. The molecule has 20 heavy (non-hydrogen) atoms. The largest absolute Gasteiger partial charge is 0.360 e. The molecule has 1 aliphatic rings. The van der Waals surface area contributed by atoms with E-state index in [1.165, 1.54) is 6.07 Å². The molecule has 1 heterocycles. The van der Waals surface area contributed by atoms with E-state index in [2.05, 4.69) is 0 Å². The van der Waals surface area contributed by atoms with Gasteiger partial charge in [-0.25, -0.2) is 4.39 Å². The minimum Gasteiger partial charge on any atom is -0.360 e. The van der Waals surface area contributed by atoms with Crippen molar-refractivity contribution in [3.63, 3.8) is 0 Å². The van der Waals surface area contributed by atoms with Crippen molar-refractivity contribution in [3.05, 3.63) is 30.1 Å². The van der Waals surface area contributed by atoms with E-state index in [0.717, 1.165) is 0 Å². The summed E-state index contributed by atoms with van der Waals surface area (Å²) >= 11 is 0. The Balaban J connectivity index is 2.01. The summed E-state index contributed by atoms with van der Waals surface area (Å²) in [5, 5.41) is 0. The molecule has 4 nitrogen and oxygen atoms in total. The van der Waals surface area contributed by atoms with Crippen LogP contribution in [0.25, 0.3) is 0 Å². The molecule has 1 aliphatic heterocycles. The Hall–Kier alpha value is -1.91. The number of carbonyl (C=O) groups is 2. The maximum atomic E-state index is 13.8. The van der Waals surface area contributed by atoms with Gasteiger partial charge in [0.1, 0.15) is 11.6 Å². The summed E-state index contributed by atoms with van der Waals surface area (Å²) < 4.78 is 13.8. The zero-order valence-electron chi connectivity index (χ0n) is 11.6. The molecule has 108 valence electrons. The lowest BCUT2D eigenvalue weighted by atomic mass is 10.1. The predicted molar refractivity (Wildman–Crippen MR) is 75.1 cm³/mol. The molecule has 0 N–H and O–H groups in total. The monoisotopic (exact) mass is 278 g/mol. The van der Waals surface area contributed by atoms with Crippen molar-refractivity contribution in [3.8, 4) is 0 Å². The second-order valence-electron chi connectivity index (χ2n) is 4.89. The van der Waals surface area contributed by atoms with Crippen LogP contribution in [0.4, 0.5) is 10.1 Å². The fourth-order valence-corrected chi connectivity index (χ4v) is 2.34. The Labute approximate surface area is 118 Å². The summed E-state index contributed by atoms with van der Waals surface area (Å²) in [6.07, 6.45) is 0.856. The Kier molecular flexibility index (Phi) is 4.71. The number of nitrogens with zero attached hydrogens (tertiary/aromatic N) is 2. The molecule has 0 aromatic heterocycles. The van der Waals surface area contributed by atoms with Gasteiger partial charge in [-0.15, -0.1) is 0 Å². The first-order valence-electron chi connectivity index (χ1n) is 6.90. The number of carbonyl (C=O) groups excluding carboxylic acids is 2. The second-order valence-corrected chi connectivity index (χ2v) is 4.89. The summed E-state index contributed by atoms with van der Waals surface area (Å²) in [7, 11) is 0. The summed E-state index contributed by atoms with van der Waals surface area (Å²) in [5.74, 6) is -0.172. The van der Waals surface area contributed by atoms with Crippen molar-refractivity contribution in [1.82, 2.24) is 4.90 Å². The number of Topliss-reactive ketones (excluding diaryl/α,β-unsaturated/α-hetero) is 1. The smallest absolute Gasteiger partial charge is 0.242 e. The molecule has 2 rings (SSSR count). The maximum Gasteiger partial charge on any atom is 0.242 e. The number of ketones is 1. The van der Waals surface area contributed by atoms with Gasteiger partial charge in [0.25, 0.3) is 0 Å². The molecule has 0 atom stereocenters. The van der Waals surface area contributed by atoms with Crippen LogP contribution >= 0.6 is 0 Å². The molecule has 0 radical (unpaired) electrons. The summed E-state index contributed by atoms with van der Waals surface area (Å²) in [5.41, 5.74) is 0.441. The molecular formula is C15H19FN2O2. The number of halogens is 1. The Morgan fingerprint density at radius 3 is 2.55 bits per heavy atom. The van der Waals surface area contributed by atoms with Gasteiger partial charge in [0.2, 0.25) is 5.91 Å². The fraction of sp³-hybridized carbons (Fsp3) is 0.467. The van der Waals surface area contributed by atoms with Crippen LogP contribution < -0.4 is 4.90 Å². The van der Waals surface area contributed by atoms with Gasteiger partial charge in [-0.2, -0.15) is 0 Å². The SMILES string of the molecule is CCN(CC(=O)N1CCC(=O)CC1)c1ccccc1F. The van der Waals surface area contributed by atoms with Crippen LogP contribution in [-0.2, 0) is 9.59 Å². The molecule has 1 fully saturated rings. The second kappa shape index (κ2) is 6.50. The molecule has 0 unspecified atom stereocenters. The van der Waals surface area contributed by atoms with Crippen molar-refractivity contribution in [2.24, 2.45) is 0 Å².